The number of hydrogen-bond donors (Lipinski definition) is 0. The average Bonchev–Trinajstić information content (AvgIpc) is 3.34. The summed E-state index contributed by atoms with van der Waals surface area (Å²) in [6.45, 7) is 0.341. The molecular formula is C26H18ClF3N4O. The van der Waals surface area contributed by atoms with Gasteiger partial charge in [0.1, 0.15) is 12.3 Å². The van der Waals surface area contributed by atoms with Crippen molar-refractivity contribution < 1.29 is 17.9 Å². The van der Waals surface area contributed by atoms with Gasteiger partial charge in [-0.2, -0.15) is 13.2 Å². The summed E-state index contributed by atoms with van der Waals surface area (Å²) in [4.78, 5) is 13.6. The molecule has 0 amide bonds. The summed E-state index contributed by atoms with van der Waals surface area (Å²) in [6.07, 6.45) is 1.22. The summed E-state index contributed by atoms with van der Waals surface area (Å²) in [5, 5.41) is 1.34. The van der Waals surface area contributed by atoms with Gasteiger partial charge in [-0.05, 0) is 24.3 Å². The summed E-state index contributed by atoms with van der Waals surface area (Å²) in [6, 6.07) is 18.1. The Morgan fingerprint density at radius 3 is 2.51 bits per heavy atom. The molecule has 2 aromatic carbocycles. The Bertz CT molecular complexity index is 1490. The standard InChI is InChI=1S/C26H18ClF3N4O/c27-21-14-19(13-18-7-4-9-31-23(18)21)25-24(17-5-2-1-3-6-17)32-15-22(33-25)35-12-11-34-10-8-20(16-34)26(28,29)30/h1-10,13-16H,11-12H2. The maximum absolute atomic E-state index is 12.8. The van der Waals surface area contributed by atoms with E-state index in [1.165, 1.54) is 17.0 Å². The molecule has 176 valence electrons. The monoisotopic (exact) mass is 494 g/mol. The van der Waals surface area contributed by atoms with Crippen LogP contribution in [-0.4, -0.2) is 26.1 Å². The number of fused-ring (bicyclic) bond motifs is 1. The molecule has 3 aromatic heterocycles. The van der Waals surface area contributed by atoms with Crippen LogP contribution in [-0.2, 0) is 12.7 Å². The van der Waals surface area contributed by atoms with Gasteiger partial charge in [0, 0.05) is 35.1 Å². The zero-order chi connectivity index (χ0) is 24.4. The number of rotatable bonds is 6. The van der Waals surface area contributed by atoms with Crippen molar-refractivity contribution in [1.29, 1.82) is 0 Å². The lowest BCUT2D eigenvalue weighted by molar-refractivity contribution is -0.137. The van der Waals surface area contributed by atoms with E-state index in [1.807, 2.05) is 48.5 Å². The van der Waals surface area contributed by atoms with Gasteiger partial charge >= 0.3 is 6.18 Å². The number of halogens is 4. The Labute approximate surface area is 203 Å². The molecule has 0 fully saturated rings. The Kier molecular flexibility index (Phi) is 6.13. The van der Waals surface area contributed by atoms with Crippen molar-refractivity contribution in [3.8, 4) is 28.4 Å². The number of hydrogen-bond acceptors (Lipinski definition) is 4. The van der Waals surface area contributed by atoms with E-state index in [0.717, 1.165) is 28.8 Å². The lowest BCUT2D eigenvalue weighted by atomic mass is 10.0. The molecule has 0 unspecified atom stereocenters. The molecule has 0 atom stereocenters. The van der Waals surface area contributed by atoms with E-state index in [9.17, 15) is 13.2 Å². The molecule has 0 radical (unpaired) electrons. The van der Waals surface area contributed by atoms with E-state index < -0.39 is 11.7 Å². The van der Waals surface area contributed by atoms with Crippen molar-refractivity contribution in [2.75, 3.05) is 6.61 Å². The van der Waals surface area contributed by atoms with Gasteiger partial charge in [0.2, 0.25) is 5.88 Å². The second kappa shape index (κ2) is 9.38. The third kappa shape index (κ3) is 4.97. The van der Waals surface area contributed by atoms with Crippen molar-refractivity contribution in [3.63, 3.8) is 0 Å². The first-order chi connectivity index (χ1) is 16.9. The van der Waals surface area contributed by atoms with Crippen LogP contribution in [0.2, 0.25) is 5.02 Å². The van der Waals surface area contributed by atoms with Crippen molar-refractivity contribution in [3.05, 3.63) is 96.0 Å². The molecule has 0 aliphatic rings. The third-order valence-electron chi connectivity index (χ3n) is 5.41. The highest BCUT2D eigenvalue weighted by atomic mass is 35.5. The van der Waals surface area contributed by atoms with Gasteiger partial charge in [0.25, 0.3) is 0 Å². The number of benzene rings is 2. The van der Waals surface area contributed by atoms with Crippen LogP contribution >= 0.6 is 11.6 Å². The maximum Gasteiger partial charge on any atom is 0.417 e. The van der Waals surface area contributed by atoms with Gasteiger partial charge in [-0.25, -0.2) is 9.97 Å². The number of alkyl halides is 3. The molecule has 5 nitrogen and oxygen atoms in total. The molecule has 3 heterocycles. The lowest BCUT2D eigenvalue weighted by Gasteiger charge is -2.13. The van der Waals surface area contributed by atoms with Crippen LogP contribution in [0.1, 0.15) is 5.56 Å². The number of ether oxygens (including phenoxy) is 1. The Morgan fingerprint density at radius 2 is 1.74 bits per heavy atom. The lowest BCUT2D eigenvalue weighted by Crippen LogP contribution is -2.09. The van der Waals surface area contributed by atoms with Crippen molar-refractivity contribution in [1.82, 2.24) is 19.5 Å². The molecular weight excluding hydrogens is 477 g/mol. The SMILES string of the molecule is FC(F)(F)c1ccn(CCOc2cnc(-c3ccccc3)c(-c3cc(Cl)c4ncccc4c3)n2)c1. The highest BCUT2D eigenvalue weighted by molar-refractivity contribution is 6.35. The smallest absolute Gasteiger partial charge is 0.417 e. The van der Waals surface area contributed by atoms with E-state index in [0.29, 0.717) is 21.9 Å². The minimum Gasteiger partial charge on any atom is -0.475 e. The molecule has 0 aliphatic heterocycles. The molecule has 0 bridgehead atoms. The number of aromatic nitrogens is 4. The van der Waals surface area contributed by atoms with Crippen LogP contribution in [0.15, 0.2) is 85.5 Å². The Balaban J connectivity index is 1.46. The molecule has 0 saturated carbocycles. The fourth-order valence-electron chi connectivity index (χ4n) is 3.74. The highest BCUT2D eigenvalue weighted by Crippen LogP contribution is 2.34. The number of pyridine rings is 1. The van der Waals surface area contributed by atoms with Crippen molar-refractivity contribution in [2.24, 2.45) is 0 Å². The van der Waals surface area contributed by atoms with Crippen LogP contribution in [0.5, 0.6) is 5.88 Å². The summed E-state index contributed by atoms with van der Waals surface area (Å²) in [5.41, 5.74) is 2.82. The second-order valence-corrected chi connectivity index (χ2v) is 8.20. The third-order valence-corrected chi connectivity index (χ3v) is 5.69. The predicted molar refractivity (Wildman–Crippen MR) is 128 cm³/mol. The maximum atomic E-state index is 12.8. The van der Waals surface area contributed by atoms with Gasteiger partial charge in [-0.15, -0.1) is 0 Å². The Hall–Kier alpha value is -3.91. The quantitative estimate of drug-likeness (QED) is 0.257. The van der Waals surface area contributed by atoms with Crippen molar-refractivity contribution in [2.45, 2.75) is 12.7 Å². The minimum absolute atomic E-state index is 0.118. The Morgan fingerprint density at radius 1 is 0.914 bits per heavy atom. The number of nitrogens with zero attached hydrogens (tertiary/aromatic N) is 4. The second-order valence-electron chi connectivity index (χ2n) is 7.79. The van der Waals surface area contributed by atoms with E-state index >= 15 is 0 Å². The highest BCUT2D eigenvalue weighted by Gasteiger charge is 2.31. The molecule has 0 saturated heterocycles. The van der Waals surface area contributed by atoms with Gasteiger partial charge in [-0.3, -0.25) is 4.98 Å². The zero-order valence-corrected chi connectivity index (χ0v) is 19.0. The molecule has 0 N–H and O–H groups in total. The van der Waals surface area contributed by atoms with Gasteiger partial charge in [-0.1, -0.05) is 48.0 Å². The van der Waals surface area contributed by atoms with Gasteiger partial charge in [0.15, 0.2) is 0 Å². The van der Waals surface area contributed by atoms with Gasteiger partial charge in [0.05, 0.1) is 34.5 Å². The van der Waals surface area contributed by atoms with Crippen molar-refractivity contribution >= 4 is 22.5 Å². The molecule has 5 rings (SSSR count). The molecule has 35 heavy (non-hydrogen) atoms. The minimum atomic E-state index is -4.38. The van der Waals surface area contributed by atoms with E-state index in [-0.39, 0.29) is 19.0 Å². The largest absolute Gasteiger partial charge is 0.475 e. The summed E-state index contributed by atoms with van der Waals surface area (Å²) in [7, 11) is 0. The van der Waals surface area contributed by atoms with Crippen LogP contribution in [0.4, 0.5) is 13.2 Å². The fourth-order valence-corrected chi connectivity index (χ4v) is 4.01. The summed E-state index contributed by atoms with van der Waals surface area (Å²) >= 11 is 6.51. The predicted octanol–water partition coefficient (Wildman–Crippen LogP) is 6.91. The van der Waals surface area contributed by atoms with E-state index in [2.05, 4.69) is 15.0 Å². The normalized spacial score (nSPS) is 11.7. The average molecular weight is 495 g/mol. The topological polar surface area (TPSA) is 52.8 Å². The first kappa shape index (κ1) is 22.9. The summed E-state index contributed by atoms with van der Waals surface area (Å²) in [5.74, 6) is 0.255. The van der Waals surface area contributed by atoms with E-state index in [4.69, 9.17) is 16.3 Å². The van der Waals surface area contributed by atoms with E-state index in [1.54, 1.807) is 12.3 Å². The molecule has 0 spiro atoms. The van der Waals surface area contributed by atoms with Crippen LogP contribution in [0.25, 0.3) is 33.4 Å². The van der Waals surface area contributed by atoms with Crippen LogP contribution < -0.4 is 4.74 Å². The van der Waals surface area contributed by atoms with Crippen LogP contribution in [0, 0.1) is 0 Å². The zero-order valence-electron chi connectivity index (χ0n) is 18.2. The van der Waals surface area contributed by atoms with Crippen LogP contribution in [0.3, 0.4) is 0 Å². The molecule has 0 aliphatic carbocycles. The fraction of sp³-hybridized carbons (Fsp3) is 0.115. The molecule has 9 heteroatoms. The molecule has 5 aromatic rings. The first-order valence-corrected chi connectivity index (χ1v) is 11.1. The summed E-state index contributed by atoms with van der Waals surface area (Å²) < 4.78 is 45.6. The first-order valence-electron chi connectivity index (χ1n) is 10.7. The van der Waals surface area contributed by atoms with Gasteiger partial charge < -0.3 is 9.30 Å².